The zero-order chi connectivity index (χ0) is 15.6. The predicted molar refractivity (Wildman–Crippen MR) is 89.6 cm³/mol. The Morgan fingerprint density at radius 2 is 1.45 bits per heavy atom. The van der Waals surface area contributed by atoms with E-state index in [4.69, 9.17) is 4.74 Å². The molecule has 124 valence electrons. The second-order valence-corrected chi connectivity index (χ2v) is 8.09. The molecule has 1 unspecified atom stereocenters. The van der Waals surface area contributed by atoms with Crippen LogP contribution in [0.15, 0.2) is 12.2 Å². The minimum absolute atomic E-state index is 0.140. The maximum Gasteiger partial charge on any atom is 0.333 e. The molecule has 0 aromatic heterocycles. The number of carbonyl (C=O) groups excluding carboxylic acids is 1. The highest BCUT2D eigenvalue weighted by Gasteiger charge is 2.59. The van der Waals surface area contributed by atoms with Crippen LogP contribution >= 0.6 is 0 Å². The first kappa shape index (κ1) is 16.1. The topological polar surface area (TPSA) is 26.3 Å². The van der Waals surface area contributed by atoms with Gasteiger partial charge < -0.3 is 4.74 Å². The third kappa shape index (κ3) is 2.63. The quantitative estimate of drug-likeness (QED) is 0.504. The number of carbonyl (C=O) groups is 1. The van der Waals surface area contributed by atoms with Gasteiger partial charge >= 0.3 is 5.97 Å². The summed E-state index contributed by atoms with van der Waals surface area (Å²) in [5.74, 6) is 0.446. The van der Waals surface area contributed by atoms with Gasteiger partial charge in [0.2, 0.25) is 0 Å². The standard InChI is InChI=1S/C20H32O2/c1-16(2)18(21)22-20(17-10-4-3-5-11-17)15-9-8-14-19(20)12-6-7-13-19/h17H,1,3-15H2,2H3. The van der Waals surface area contributed by atoms with Crippen LogP contribution in [0.5, 0.6) is 0 Å². The predicted octanol–water partition coefficient (Wildman–Crippen LogP) is 5.56. The summed E-state index contributed by atoms with van der Waals surface area (Å²) >= 11 is 0. The van der Waals surface area contributed by atoms with Crippen LogP contribution in [-0.2, 0) is 9.53 Å². The van der Waals surface area contributed by atoms with E-state index in [1.165, 1.54) is 77.0 Å². The number of rotatable bonds is 3. The van der Waals surface area contributed by atoms with E-state index in [0.717, 1.165) is 6.42 Å². The number of hydrogen-bond donors (Lipinski definition) is 0. The molecular formula is C20H32O2. The van der Waals surface area contributed by atoms with Gasteiger partial charge in [0.15, 0.2) is 0 Å². The second kappa shape index (κ2) is 6.37. The molecule has 3 aliphatic rings. The molecule has 0 radical (unpaired) electrons. The molecule has 0 saturated heterocycles. The van der Waals surface area contributed by atoms with Crippen LogP contribution in [0.2, 0.25) is 0 Å². The highest BCUT2D eigenvalue weighted by Crippen LogP contribution is 2.61. The Hall–Kier alpha value is -0.790. The SMILES string of the molecule is C=C(C)C(=O)OC1(C2CCCCC2)CCCCC12CCCC2. The lowest BCUT2D eigenvalue weighted by molar-refractivity contribution is -0.202. The van der Waals surface area contributed by atoms with Crippen molar-refractivity contribution in [2.45, 2.75) is 96.0 Å². The first-order valence-electron chi connectivity index (χ1n) is 9.49. The van der Waals surface area contributed by atoms with Gasteiger partial charge in [0.25, 0.3) is 0 Å². The zero-order valence-corrected chi connectivity index (χ0v) is 14.3. The average Bonchev–Trinajstić information content (AvgIpc) is 3.00. The molecule has 0 aliphatic heterocycles. The summed E-state index contributed by atoms with van der Waals surface area (Å²) in [6.45, 7) is 5.63. The van der Waals surface area contributed by atoms with Crippen molar-refractivity contribution in [3.05, 3.63) is 12.2 Å². The smallest absolute Gasteiger partial charge is 0.333 e. The highest BCUT2D eigenvalue weighted by atomic mass is 16.6. The van der Waals surface area contributed by atoms with Crippen LogP contribution in [0.25, 0.3) is 0 Å². The summed E-state index contributed by atoms with van der Waals surface area (Å²) in [7, 11) is 0. The van der Waals surface area contributed by atoms with Gasteiger partial charge in [-0.1, -0.05) is 45.1 Å². The highest BCUT2D eigenvalue weighted by molar-refractivity contribution is 5.87. The summed E-state index contributed by atoms with van der Waals surface area (Å²) in [6.07, 6.45) is 16.6. The summed E-state index contributed by atoms with van der Waals surface area (Å²) in [6, 6.07) is 0. The summed E-state index contributed by atoms with van der Waals surface area (Å²) in [4.78, 5) is 12.5. The maximum absolute atomic E-state index is 12.5. The third-order valence-electron chi connectivity index (χ3n) is 6.80. The van der Waals surface area contributed by atoms with E-state index in [-0.39, 0.29) is 17.0 Å². The van der Waals surface area contributed by atoms with E-state index >= 15 is 0 Å². The van der Waals surface area contributed by atoms with Gasteiger partial charge in [0.05, 0.1) is 0 Å². The fourth-order valence-electron chi connectivity index (χ4n) is 5.75. The maximum atomic E-state index is 12.5. The largest absolute Gasteiger partial charge is 0.455 e. The molecule has 0 aromatic carbocycles. The Kier molecular flexibility index (Phi) is 4.66. The summed E-state index contributed by atoms with van der Waals surface area (Å²) in [5, 5.41) is 0. The molecule has 0 amide bonds. The minimum Gasteiger partial charge on any atom is -0.455 e. The Balaban J connectivity index is 1.96. The molecule has 2 heteroatoms. The van der Waals surface area contributed by atoms with Gasteiger partial charge in [0.1, 0.15) is 5.60 Å². The van der Waals surface area contributed by atoms with Gasteiger partial charge in [-0.15, -0.1) is 0 Å². The van der Waals surface area contributed by atoms with Crippen LogP contribution < -0.4 is 0 Å². The van der Waals surface area contributed by atoms with Gasteiger partial charge in [0, 0.05) is 11.0 Å². The van der Waals surface area contributed by atoms with Crippen LogP contribution in [0.3, 0.4) is 0 Å². The van der Waals surface area contributed by atoms with Crippen molar-refractivity contribution in [1.29, 1.82) is 0 Å². The van der Waals surface area contributed by atoms with Crippen molar-refractivity contribution in [3.63, 3.8) is 0 Å². The lowest BCUT2D eigenvalue weighted by Gasteiger charge is -2.56. The lowest BCUT2D eigenvalue weighted by Crippen LogP contribution is -2.57. The fraction of sp³-hybridized carbons (Fsp3) is 0.850. The Labute approximate surface area is 135 Å². The van der Waals surface area contributed by atoms with E-state index in [2.05, 4.69) is 6.58 Å². The van der Waals surface area contributed by atoms with Crippen LogP contribution in [0.1, 0.15) is 90.4 Å². The Morgan fingerprint density at radius 1 is 0.909 bits per heavy atom. The van der Waals surface area contributed by atoms with Crippen molar-refractivity contribution in [2.75, 3.05) is 0 Å². The van der Waals surface area contributed by atoms with Gasteiger partial charge in [-0.25, -0.2) is 4.79 Å². The molecule has 1 atom stereocenters. The van der Waals surface area contributed by atoms with Gasteiger partial charge in [-0.2, -0.15) is 0 Å². The van der Waals surface area contributed by atoms with Crippen LogP contribution in [0, 0.1) is 11.3 Å². The molecule has 3 rings (SSSR count). The second-order valence-electron chi connectivity index (χ2n) is 8.09. The lowest BCUT2D eigenvalue weighted by atomic mass is 9.55. The van der Waals surface area contributed by atoms with Gasteiger partial charge in [-0.05, 0) is 57.8 Å². The molecular weight excluding hydrogens is 272 g/mol. The average molecular weight is 304 g/mol. The molecule has 3 saturated carbocycles. The van der Waals surface area contributed by atoms with Crippen molar-refractivity contribution >= 4 is 5.97 Å². The molecule has 3 fully saturated rings. The Morgan fingerprint density at radius 3 is 2.00 bits per heavy atom. The van der Waals surface area contributed by atoms with Crippen molar-refractivity contribution < 1.29 is 9.53 Å². The summed E-state index contributed by atoms with van der Waals surface area (Å²) < 4.78 is 6.38. The van der Waals surface area contributed by atoms with E-state index in [0.29, 0.717) is 11.5 Å². The van der Waals surface area contributed by atoms with Crippen molar-refractivity contribution in [1.82, 2.24) is 0 Å². The molecule has 0 aromatic rings. The first-order chi connectivity index (χ1) is 10.6. The fourth-order valence-corrected chi connectivity index (χ4v) is 5.75. The normalized spacial score (nSPS) is 32.0. The summed E-state index contributed by atoms with van der Waals surface area (Å²) in [5.41, 5.74) is 0.658. The molecule has 0 heterocycles. The molecule has 0 N–H and O–H groups in total. The molecule has 22 heavy (non-hydrogen) atoms. The van der Waals surface area contributed by atoms with Crippen LogP contribution in [0.4, 0.5) is 0 Å². The number of esters is 1. The van der Waals surface area contributed by atoms with E-state index in [9.17, 15) is 4.79 Å². The molecule has 2 nitrogen and oxygen atoms in total. The monoisotopic (exact) mass is 304 g/mol. The van der Waals surface area contributed by atoms with Crippen molar-refractivity contribution in [2.24, 2.45) is 11.3 Å². The van der Waals surface area contributed by atoms with E-state index in [1.807, 2.05) is 0 Å². The Bertz CT molecular complexity index is 427. The zero-order valence-electron chi connectivity index (χ0n) is 14.3. The van der Waals surface area contributed by atoms with E-state index < -0.39 is 0 Å². The number of hydrogen-bond acceptors (Lipinski definition) is 2. The molecule has 3 aliphatic carbocycles. The van der Waals surface area contributed by atoms with Gasteiger partial charge in [-0.3, -0.25) is 0 Å². The van der Waals surface area contributed by atoms with Crippen molar-refractivity contribution in [3.8, 4) is 0 Å². The van der Waals surface area contributed by atoms with E-state index in [1.54, 1.807) is 6.92 Å². The minimum atomic E-state index is -0.182. The number of ether oxygens (including phenoxy) is 1. The molecule has 1 spiro atoms. The first-order valence-corrected chi connectivity index (χ1v) is 9.49. The third-order valence-corrected chi connectivity index (χ3v) is 6.80. The molecule has 0 bridgehead atoms. The van der Waals surface area contributed by atoms with Crippen LogP contribution in [-0.4, -0.2) is 11.6 Å².